The van der Waals surface area contributed by atoms with E-state index in [0.717, 1.165) is 0 Å². The molecular formula is C13H13N5O5. The van der Waals surface area contributed by atoms with Gasteiger partial charge in [0.05, 0.1) is 23.0 Å². The molecule has 0 saturated carbocycles. The number of anilines is 1. The second-order valence-electron chi connectivity index (χ2n) is 4.49. The lowest BCUT2D eigenvalue weighted by atomic mass is 10.2. The number of carboxylic acid groups (broad SMARTS) is 1. The van der Waals surface area contributed by atoms with E-state index in [0.29, 0.717) is 5.69 Å². The van der Waals surface area contributed by atoms with E-state index in [-0.39, 0.29) is 22.9 Å². The summed E-state index contributed by atoms with van der Waals surface area (Å²) in [5, 5.41) is 23.6. The van der Waals surface area contributed by atoms with Gasteiger partial charge in [0.1, 0.15) is 5.75 Å². The molecule has 1 aromatic heterocycles. The van der Waals surface area contributed by atoms with Crippen molar-refractivity contribution in [3.05, 3.63) is 45.8 Å². The largest absolute Gasteiger partial charge is 0.481 e. The van der Waals surface area contributed by atoms with Crippen LogP contribution in [0.25, 0.3) is 0 Å². The van der Waals surface area contributed by atoms with Gasteiger partial charge in [0.2, 0.25) is 5.95 Å². The van der Waals surface area contributed by atoms with Crippen LogP contribution in [0, 0.1) is 17.0 Å². The van der Waals surface area contributed by atoms with Crippen molar-refractivity contribution in [2.24, 2.45) is 5.10 Å². The van der Waals surface area contributed by atoms with Gasteiger partial charge >= 0.3 is 5.97 Å². The fourth-order valence-electron chi connectivity index (χ4n) is 1.74. The number of carbonyl (C=O) groups is 1. The number of non-ortho nitro benzene ring substituents is 1. The van der Waals surface area contributed by atoms with E-state index in [4.69, 9.17) is 15.6 Å². The average Bonchev–Trinajstić information content (AvgIpc) is 2.81. The second-order valence-corrected chi connectivity index (χ2v) is 4.49. The summed E-state index contributed by atoms with van der Waals surface area (Å²) in [6.45, 7) is 1.15. The summed E-state index contributed by atoms with van der Waals surface area (Å²) in [6, 6.07) is 3.75. The number of hydrogen-bond donors (Lipinski definition) is 2. The predicted molar refractivity (Wildman–Crippen MR) is 80.6 cm³/mol. The Morgan fingerprint density at radius 2 is 2.35 bits per heavy atom. The first-order valence-electron chi connectivity index (χ1n) is 6.35. The van der Waals surface area contributed by atoms with Crippen LogP contribution < -0.4 is 10.5 Å². The number of imidazole rings is 1. The summed E-state index contributed by atoms with van der Waals surface area (Å²) >= 11 is 0. The van der Waals surface area contributed by atoms with Crippen LogP contribution in [0.4, 0.5) is 11.6 Å². The van der Waals surface area contributed by atoms with Gasteiger partial charge in [-0.3, -0.25) is 10.1 Å². The van der Waals surface area contributed by atoms with Crippen LogP contribution in [0.1, 0.15) is 11.3 Å². The average molecular weight is 319 g/mol. The highest BCUT2D eigenvalue weighted by molar-refractivity contribution is 5.85. The van der Waals surface area contributed by atoms with Crippen LogP contribution in [0.15, 0.2) is 29.5 Å². The first-order valence-corrected chi connectivity index (χ1v) is 6.35. The minimum Gasteiger partial charge on any atom is -0.481 e. The fraction of sp³-hybridized carbons (Fsp3) is 0.154. The zero-order valence-corrected chi connectivity index (χ0v) is 12.0. The minimum atomic E-state index is -1.17. The summed E-state index contributed by atoms with van der Waals surface area (Å²) in [7, 11) is 0. The number of aromatic nitrogens is 2. The summed E-state index contributed by atoms with van der Waals surface area (Å²) in [4.78, 5) is 24.8. The monoisotopic (exact) mass is 319 g/mol. The molecule has 1 heterocycles. The van der Waals surface area contributed by atoms with Crippen LogP contribution >= 0.6 is 0 Å². The molecule has 0 aliphatic carbocycles. The van der Waals surface area contributed by atoms with Gasteiger partial charge in [-0.25, -0.2) is 14.5 Å². The molecule has 0 aliphatic heterocycles. The SMILES string of the molecule is Cc1cn(N=Cc2cc([N+](=O)[O-])ccc2OCC(=O)O)c(N)n1. The molecule has 0 unspecified atom stereocenters. The lowest BCUT2D eigenvalue weighted by Crippen LogP contribution is -2.10. The van der Waals surface area contributed by atoms with Crippen molar-refractivity contribution < 1.29 is 19.6 Å². The molecule has 2 rings (SSSR count). The molecule has 1 aromatic carbocycles. The Kier molecular flexibility index (Phi) is 4.55. The Morgan fingerprint density at radius 1 is 1.61 bits per heavy atom. The first kappa shape index (κ1) is 15.9. The third kappa shape index (κ3) is 4.03. The lowest BCUT2D eigenvalue weighted by Gasteiger charge is -2.06. The number of rotatable bonds is 6. The number of carboxylic acids is 1. The highest BCUT2D eigenvalue weighted by Gasteiger charge is 2.12. The summed E-state index contributed by atoms with van der Waals surface area (Å²) in [6.07, 6.45) is 2.85. The zero-order valence-electron chi connectivity index (χ0n) is 12.0. The highest BCUT2D eigenvalue weighted by Crippen LogP contribution is 2.23. The standard InChI is InChI=1S/C13H13N5O5/c1-8-6-17(13(14)16-8)15-5-9-4-10(18(21)22)2-3-11(9)23-7-12(19)20/h2-6H,7H2,1H3,(H2,14,16)(H,19,20). The fourth-order valence-corrected chi connectivity index (χ4v) is 1.74. The van der Waals surface area contributed by atoms with E-state index in [1.165, 1.54) is 29.1 Å². The second kappa shape index (κ2) is 6.56. The van der Waals surface area contributed by atoms with Crippen molar-refractivity contribution >= 4 is 23.8 Å². The van der Waals surface area contributed by atoms with Crippen molar-refractivity contribution in [3.8, 4) is 5.75 Å². The molecular weight excluding hydrogens is 306 g/mol. The number of nitro groups is 1. The molecule has 120 valence electrons. The number of ether oxygens (including phenoxy) is 1. The number of nitrogens with zero attached hydrogens (tertiary/aromatic N) is 4. The number of hydrogen-bond acceptors (Lipinski definition) is 7. The summed E-state index contributed by atoms with van der Waals surface area (Å²) in [5.74, 6) is -0.866. The van der Waals surface area contributed by atoms with Gasteiger partial charge in [0.25, 0.3) is 5.69 Å². The Morgan fingerprint density at radius 3 is 2.91 bits per heavy atom. The molecule has 0 atom stereocenters. The Labute approximate surface area is 130 Å². The van der Waals surface area contributed by atoms with E-state index in [1.54, 1.807) is 13.1 Å². The molecule has 3 N–H and O–H groups in total. The number of aryl methyl sites for hydroxylation is 1. The van der Waals surface area contributed by atoms with Crippen molar-refractivity contribution in [1.82, 2.24) is 9.66 Å². The quantitative estimate of drug-likeness (QED) is 0.459. The van der Waals surface area contributed by atoms with Crippen molar-refractivity contribution in [2.45, 2.75) is 6.92 Å². The molecule has 0 fully saturated rings. The number of nitrogen functional groups attached to an aromatic ring is 1. The third-order valence-corrected chi connectivity index (χ3v) is 2.71. The van der Waals surface area contributed by atoms with Crippen LogP contribution in [0.5, 0.6) is 5.75 Å². The van der Waals surface area contributed by atoms with Crippen LogP contribution in [-0.2, 0) is 4.79 Å². The molecule has 10 nitrogen and oxygen atoms in total. The van der Waals surface area contributed by atoms with E-state index < -0.39 is 17.5 Å². The maximum absolute atomic E-state index is 10.9. The van der Waals surface area contributed by atoms with Crippen molar-refractivity contribution in [3.63, 3.8) is 0 Å². The van der Waals surface area contributed by atoms with E-state index in [1.807, 2.05) is 0 Å². The normalized spacial score (nSPS) is 10.8. The Bertz CT molecular complexity index is 783. The first-order chi connectivity index (χ1) is 10.9. The number of benzene rings is 1. The number of aliphatic carboxylic acids is 1. The zero-order chi connectivity index (χ0) is 17.0. The molecule has 2 aromatic rings. The van der Waals surface area contributed by atoms with Gasteiger partial charge in [0, 0.05) is 17.7 Å². The summed E-state index contributed by atoms with van der Waals surface area (Å²) < 4.78 is 6.37. The van der Waals surface area contributed by atoms with Crippen LogP contribution in [-0.4, -0.2) is 38.5 Å². The topological polar surface area (TPSA) is 146 Å². The maximum atomic E-state index is 10.9. The lowest BCUT2D eigenvalue weighted by molar-refractivity contribution is -0.384. The van der Waals surface area contributed by atoms with Gasteiger partial charge in [-0.1, -0.05) is 0 Å². The van der Waals surface area contributed by atoms with Gasteiger partial charge in [-0.2, -0.15) is 5.10 Å². The van der Waals surface area contributed by atoms with Gasteiger partial charge < -0.3 is 15.6 Å². The number of nitro benzene ring substituents is 1. The Hall–Kier alpha value is -3.43. The predicted octanol–water partition coefficient (Wildman–Crippen LogP) is 1.03. The van der Waals surface area contributed by atoms with E-state index in [9.17, 15) is 14.9 Å². The molecule has 0 saturated heterocycles. The van der Waals surface area contributed by atoms with Crippen LogP contribution in [0.2, 0.25) is 0 Å². The van der Waals surface area contributed by atoms with E-state index >= 15 is 0 Å². The minimum absolute atomic E-state index is 0.150. The Balaban J connectivity index is 2.36. The third-order valence-electron chi connectivity index (χ3n) is 2.71. The molecule has 0 amide bonds. The number of nitrogens with two attached hydrogens (primary N) is 1. The molecule has 23 heavy (non-hydrogen) atoms. The van der Waals surface area contributed by atoms with Gasteiger partial charge in [-0.15, -0.1) is 0 Å². The van der Waals surface area contributed by atoms with Gasteiger partial charge in [-0.05, 0) is 13.0 Å². The summed E-state index contributed by atoms with van der Waals surface area (Å²) in [5.41, 5.74) is 6.36. The highest BCUT2D eigenvalue weighted by atomic mass is 16.6. The smallest absolute Gasteiger partial charge is 0.341 e. The molecule has 0 spiro atoms. The maximum Gasteiger partial charge on any atom is 0.341 e. The molecule has 0 bridgehead atoms. The molecule has 0 aliphatic rings. The molecule has 10 heteroatoms. The van der Waals surface area contributed by atoms with Gasteiger partial charge in [0.15, 0.2) is 6.61 Å². The van der Waals surface area contributed by atoms with Crippen molar-refractivity contribution in [1.29, 1.82) is 0 Å². The van der Waals surface area contributed by atoms with Crippen LogP contribution in [0.3, 0.4) is 0 Å². The van der Waals surface area contributed by atoms with Crippen molar-refractivity contribution in [2.75, 3.05) is 12.3 Å². The molecule has 0 radical (unpaired) electrons. The van der Waals surface area contributed by atoms with E-state index in [2.05, 4.69) is 10.1 Å².